The summed E-state index contributed by atoms with van der Waals surface area (Å²) in [6.07, 6.45) is -0.525. The van der Waals surface area contributed by atoms with E-state index in [4.69, 9.17) is 10.5 Å². The van der Waals surface area contributed by atoms with Gasteiger partial charge in [-0.15, -0.1) is 0 Å². The Bertz CT molecular complexity index is 538. The zero-order chi connectivity index (χ0) is 15.1. The van der Waals surface area contributed by atoms with Crippen molar-refractivity contribution in [1.29, 1.82) is 0 Å². The van der Waals surface area contributed by atoms with E-state index >= 15 is 0 Å². The Morgan fingerprint density at radius 2 is 2.05 bits per heavy atom. The van der Waals surface area contributed by atoms with Crippen LogP contribution < -0.4 is 5.73 Å². The van der Waals surface area contributed by atoms with E-state index in [1.807, 2.05) is 30.3 Å². The van der Waals surface area contributed by atoms with Crippen LogP contribution in [-0.2, 0) is 11.3 Å². The fraction of sp³-hybridized carbons (Fsp3) is 0.533. The summed E-state index contributed by atoms with van der Waals surface area (Å²) >= 11 is 0. The average Bonchev–Trinajstić information content (AvgIpc) is 2.93. The van der Waals surface area contributed by atoms with Gasteiger partial charge in [-0.3, -0.25) is 0 Å². The summed E-state index contributed by atoms with van der Waals surface area (Å²) in [5, 5.41) is 0. The van der Waals surface area contributed by atoms with E-state index in [2.05, 4.69) is 0 Å². The van der Waals surface area contributed by atoms with E-state index in [9.17, 15) is 13.6 Å². The smallest absolute Gasteiger partial charge is 0.410 e. The van der Waals surface area contributed by atoms with Crippen molar-refractivity contribution >= 4 is 6.09 Å². The number of nitrogens with two attached hydrogens (primary N) is 1. The van der Waals surface area contributed by atoms with Crippen LogP contribution in [0.4, 0.5) is 13.6 Å². The van der Waals surface area contributed by atoms with Crippen LogP contribution in [0.2, 0.25) is 0 Å². The summed E-state index contributed by atoms with van der Waals surface area (Å²) in [7, 11) is 0. The molecular formula is C15H18F2N2O2. The molecule has 1 aliphatic carbocycles. The molecule has 1 saturated carbocycles. The molecule has 21 heavy (non-hydrogen) atoms. The first-order chi connectivity index (χ1) is 9.91. The number of hydrogen-bond acceptors (Lipinski definition) is 3. The largest absolute Gasteiger partial charge is 0.445 e. The van der Waals surface area contributed by atoms with E-state index in [1.54, 1.807) is 0 Å². The molecule has 1 amide bonds. The van der Waals surface area contributed by atoms with Crippen molar-refractivity contribution in [2.45, 2.75) is 30.9 Å². The second kappa shape index (κ2) is 4.94. The van der Waals surface area contributed by atoms with Crippen molar-refractivity contribution < 1.29 is 18.3 Å². The van der Waals surface area contributed by atoms with Crippen LogP contribution in [0, 0.1) is 5.92 Å². The summed E-state index contributed by atoms with van der Waals surface area (Å²) in [5.41, 5.74) is 5.93. The van der Waals surface area contributed by atoms with Gasteiger partial charge in [-0.2, -0.15) is 0 Å². The minimum absolute atomic E-state index is 0.0306. The van der Waals surface area contributed by atoms with E-state index in [1.165, 1.54) is 4.90 Å². The third kappa shape index (κ3) is 2.60. The van der Waals surface area contributed by atoms with E-state index in [-0.39, 0.29) is 32.5 Å². The number of rotatable bonds is 2. The van der Waals surface area contributed by atoms with Gasteiger partial charge >= 0.3 is 6.09 Å². The number of amides is 1. The second-order valence-electron chi connectivity index (χ2n) is 5.97. The predicted molar refractivity (Wildman–Crippen MR) is 72.8 cm³/mol. The highest BCUT2D eigenvalue weighted by molar-refractivity contribution is 5.68. The molecule has 1 aromatic carbocycles. The topological polar surface area (TPSA) is 55.6 Å². The SMILES string of the molecule is N[C@@]12CCC(F)(F)[C@@H]1CN(C(=O)OCc1ccccc1)C2. The van der Waals surface area contributed by atoms with Crippen LogP contribution in [-0.4, -0.2) is 35.5 Å². The maximum Gasteiger partial charge on any atom is 0.410 e. The van der Waals surface area contributed by atoms with Crippen molar-refractivity contribution in [3.63, 3.8) is 0 Å². The fourth-order valence-electron chi connectivity index (χ4n) is 3.26. The second-order valence-corrected chi connectivity index (χ2v) is 5.97. The lowest BCUT2D eigenvalue weighted by Crippen LogP contribution is -2.47. The van der Waals surface area contributed by atoms with Crippen molar-refractivity contribution in [3.8, 4) is 0 Å². The Balaban J connectivity index is 1.60. The molecule has 2 aliphatic rings. The summed E-state index contributed by atoms with van der Waals surface area (Å²) in [5.74, 6) is -3.75. The molecule has 3 rings (SSSR count). The average molecular weight is 296 g/mol. The Hall–Kier alpha value is -1.69. The molecule has 1 aromatic rings. The minimum Gasteiger partial charge on any atom is -0.445 e. The molecule has 2 atom stereocenters. The number of fused-ring (bicyclic) bond motifs is 1. The number of nitrogens with zero attached hydrogens (tertiary/aromatic N) is 1. The summed E-state index contributed by atoms with van der Waals surface area (Å²) in [6.45, 7) is 0.243. The van der Waals surface area contributed by atoms with Crippen LogP contribution in [0.1, 0.15) is 18.4 Å². The van der Waals surface area contributed by atoms with Crippen LogP contribution >= 0.6 is 0 Å². The van der Waals surface area contributed by atoms with Gasteiger partial charge in [-0.25, -0.2) is 13.6 Å². The molecular weight excluding hydrogens is 278 g/mol. The highest BCUT2D eigenvalue weighted by atomic mass is 19.3. The number of halogens is 2. The first-order valence-electron chi connectivity index (χ1n) is 7.03. The van der Waals surface area contributed by atoms with Crippen LogP contribution in [0.3, 0.4) is 0 Å². The lowest BCUT2D eigenvalue weighted by Gasteiger charge is -2.23. The summed E-state index contributed by atoms with van der Waals surface area (Å²) < 4.78 is 32.7. The monoisotopic (exact) mass is 296 g/mol. The Morgan fingerprint density at radius 1 is 1.33 bits per heavy atom. The first kappa shape index (κ1) is 14.3. The molecule has 0 aromatic heterocycles. The molecule has 0 spiro atoms. The maximum absolute atomic E-state index is 13.8. The van der Waals surface area contributed by atoms with Gasteiger partial charge in [0.15, 0.2) is 0 Å². The number of alkyl halides is 2. The van der Waals surface area contributed by atoms with Gasteiger partial charge in [0.25, 0.3) is 5.92 Å². The minimum atomic E-state index is -2.79. The zero-order valence-corrected chi connectivity index (χ0v) is 11.6. The molecule has 1 heterocycles. The molecule has 1 saturated heterocycles. The Labute approximate surface area is 121 Å². The lowest BCUT2D eigenvalue weighted by atomic mass is 9.91. The normalized spacial score (nSPS) is 30.2. The number of hydrogen-bond donors (Lipinski definition) is 1. The third-order valence-electron chi connectivity index (χ3n) is 4.48. The van der Waals surface area contributed by atoms with Gasteiger partial charge in [-0.05, 0) is 12.0 Å². The number of likely N-dealkylation sites (tertiary alicyclic amines) is 1. The molecule has 2 N–H and O–H groups in total. The molecule has 1 aliphatic heterocycles. The van der Waals surface area contributed by atoms with Gasteiger partial charge in [0.1, 0.15) is 6.61 Å². The predicted octanol–water partition coefficient (Wildman–Crippen LogP) is 2.38. The van der Waals surface area contributed by atoms with Gasteiger partial charge in [0.2, 0.25) is 0 Å². The van der Waals surface area contributed by atoms with Crippen LogP contribution in [0.5, 0.6) is 0 Å². The van der Waals surface area contributed by atoms with Gasteiger partial charge in [0.05, 0.1) is 5.92 Å². The molecule has 4 nitrogen and oxygen atoms in total. The van der Waals surface area contributed by atoms with Crippen molar-refractivity contribution in [2.75, 3.05) is 13.1 Å². The number of carbonyl (C=O) groups excluding carboxylic acids is 1. The Morgan fingerprint density at radius 3 is 2.71 bits per heavy atom. The third-order valence-corrected chi connectivity index (χ3v) is 4.48. The number of ether oxygens (including phenoxy) is 1. The summed E-state index contributed by atoms with van der Waals surface area (Å²) in [4.78, 5) is 13.3. The van der Waals surface area contributed by atoms with Crippen LogP contribution in [0.25, 0.3) is 0 Å². The molecule has 0 unspecified atom stereocenters. The molecule has 114 valence electrons. The summed E-state index contributed by atoms with van der Waals surface area (Å²) in [6, 6.07) is 9.24. The van der Waals surface area contributed by atoms with Gasteiger partial charge in [-0.1, -0.05) is 30.3 Å². The number of carbonyl (C=O) groups is 1. The van der Waals surface area contributed by atoms with E-state index < -0.39 is 23.5 Å². The quantitative estimate of drug-likeness (QED) is 0.911. The number of benzene rings is 1. The van der Waals surface area contributed by atoms with Crippen molar-refractivity contribution in [3.05, 3.63) is 35.9 Å². The highest BCUT2D eigenvalue weighted by Crippen LogP contribution is 2.49. The first-order valence-corrected chi connectivity index (χ1v) is 7.03. The van der Waals surface area contributed by atoms with Crippen molar-refractivity contribution in [1.82, 2.24) is 4.90 Å². The van der Waals surface area contributed by atoms with Crippen LogP contribution in [0.15, 0.2) is 30.3 Å². The van der Waals surface area contributed by atoms with Gasteiger partial charge in [0, 0.05) is 25.0 Å². The Kier molecular flexibility index (Phi) is 3.36. The highest BCUT2D eigenvalue weighted by Gasteiger charge is 2.62. The molecule has 2 fully saturated rings. The lowest BCUT2D eigenvalue weighted by molar-refractivity contribution is -0.0416. The van der Waals surface area contributed by atoms with Gasteiger partial charge < -0.3 is 15.4 Å². The van der Waals surface area contributed by atoms with Crippen molar-refractivity contribution in [2.24, 2.45) is 11.7 Å². The zero-order valence-electron chi connectivity index (χ0n) is 11.6. The van der Waals surface area contributed by atoms with E-state index in [0.29, 0.717) is 0 Å². The van der Waals surface area contributed by atoms with E-state index in [0.717, 1.165) is 5.56 Å². The molecule has 0 bridgehead atoms. The standard InChI is InChI=1S/C15H18F2N2O2/c16-15(17)7-6-14(18)10-19(8-12(14)15)13(20)21-9-11-4-2-1-3-5-11/h1-5,12H,6-10,18H2/t12-,14-/m1/s1. The molecule has 0 radical (unpaired) electrons. The maximum atomic E-state index is 13.8. The fourth-order valence-corrected chi connectivity index (χ4v) is 3.26. The molecule has 6 heteroatoms.